The molecular weight excluding hydrogens is 404 g/mol. The lowest BCUT2D eigenvalue weighted by Gasteiger charge is -2.57. The summed E-state index contributed by atoms with van der Waals surface area (Å²) in [5.41, 5.74) is -0.350. The van der Waals surface area contributed by atoms with Crippen molar-refractivity contribution in [2.24, 2.45) is 40.9 Å². The van der Waals surface area contributed by atoms with Crippen LogP contribution in [0, 0.1) is 40.9 Å². The maximum absolute atomic E-state index is 12.5. The number of alkyl halides is 1. The van der Waals surface area contributed by atoms with E-state index in [0.29, 0.717) is 30.2 Å². The maximum Gasteiger partial charge on any atom is 0.147 e. The van der Waals surface area contributed by atoms with Crippen molar-refractivity contribution >= 4 is 21.7 Å². The first kappa shape index (κ1) is 20.3. The summed E-state index contributed by atoms with van der Waals surface area (Å²) >= 11 is 3.42. The summed E-state index contributed by atoms with van der Waals surface area (Å²) in [7, 11) is 0. The standard InChI is InChI=1S/C23H37BrO3/c1-3-27-14-23(26)11-9-16-15(12-23)4-5-18-17(16)8-10-22(2)19(18)6-7-20(22)21(25)13-24/h15-20,26H,3-14H2,1-2H3/t15-,16-,17+,18+,19-,20+,22-,23+/m0/s1. The van der Waals surface area contributed by atoms with Gasteiger partial charge in [0.2, 0.25) is 0 Å². The van der Waals surface area contributed by atoms with Gasteiger partial charge < -0.3 is 9.84 Å². The highest BCUT2D eigenvalue weighted by Crippen LogP contribution is 2.64. The Morgan fingerprint density at radius 2 is 1.85 bits per heavy atom. The van der Waals surface area contributed by atoms with Crippen molar-refractivity contribution in [3.8, 4) is 0 Å². The molecule has 0 bridgehead atoms. The molecule has 0 saturated heterocycles. The van der Waals surface area contributed by atoms with E-state index in [1.54, 1.807) is 0 Å². The molecule has 4 aliphatic rings. The number of halogens is 1. The van der Waals surface area contributed by atoms with E-state index in [-0.39, 0.29) is 11.3 Å². The molecule has 27 heavy (non-hydrogen) atoms. The minimum absolute atomic E-state index is 0.239. The third-order valence-electron chi connectivity index (χ3n) is 9.20. The Labute approximate surface area is 173 Å². The number of aliphatic hydroxyl groups is 1. The average Bonchev–Trinajstić information content (AvgIpc) is 3.02. The lowest BCUT2D eigenvalue weighted by Crippen LogP contribution is -2.52. The number of hydrogen-bond donors (Lipinski definition) is 1. The first-order valence-electron chi connectivity index (χ1n) is 11.3. The molecule has 1 N–H and O–H groups in total. The van der Waals surface area contributed by atoms with Crippen LogP contribution in [0.1, 0.15) is 71.6 Å². The summed E-state index contributed by atoms with van der Waals surface area (Å²) in [6.45, 7) is 5.64. The molecule has 4 saturated carbocycles. The highest BCUT2D eigenvalue weighted by molar-refractivity contribution is 9.09. The van der Waals surface area contributed by atoms with Crippen molar-refractivity contribution < 1.29 is 14.6 Å². The second-order valence-corrected chi connectivity index (χ2v) is 10.9. The lowest BCUT2D eigenvalue weighted by molar-refractivity contribution is -0.136. The first-order valence-corrected chi connectivity index (χ1v) is 12.4. The molecule has 0 aromatic heterocycles. The molecule has 4 heteroatoms. The van der Waals surface area contributed by atoms with Gasteiger partial charge in [-0.1, -0.05) is 22.9 Å². The van der Waals surface area contributed by atoms with Crippen LogP contribution in [0.3, 0.4) is 0 Å². The van der Waals surface area contributed by atoms with Gasteiger partial charge in [-0.2, -0.15) is 0 Å². The van der Waals surface area contributed by atoms with Crippen molar-refractivity contribution in [3.05, 3.63) is 0 Å². The van der Waals surface area contributed by atoms with Gasteiger partial charge in [-0.25, -0.2) is 0 Å². The molecule has 0 spiro atoms. The Kier molecular flexibility index (Phi) is 5.82. The molecule has 0 aromatic rings. The largest absolute Gasteiger partial charge is 0.387 e. The van der Waals surface area contributed by atoms with Gasteiger partial charge in [-0.05, 0) is 99.7 Å². The second-order valence-electron chi connectivity index (χ2n) is 10.3. The molecule has 0 radical (unpaired) electrons. The molecule has 0 heterocycles. The van der Waals surface area contributed by atoms with E-state index in [1.807, 2.05) is 6.92 Å². The van der Waals surface area contributed by atoms with Crippen molar-refractivity contribution in [2.45, 2.75) is 77.2 Å². The number of ketones is 1. The van der Waals surface area contributed by atoms with E-state index < -0.39 is 5.60 Å². The van der Waals surface area contributed by atoms with Crippen LogP contribution in [-0.4, -0.2) is 35.0 Å². The number of carbonyl (C=O) groups is 1. The maximum atomic E-state index is 12.5. The first-order chi connectivity index (χ1) is 12.9. The number of Topliss-reactive ketones (excluding diaryl/α,β-unsaturated/α-hetero) is 1. The summed E-state index contributed by atoms with van der Waals surface area (Å²) in [5.74, 6) is 4.58. The summed E-state index contributed by atoms with van der Waals surface area (Å²) < 4.78 is 5.59. The van der Waals surface area contributed by atoms with E-state index >= 15 is 0 Å². The monoisotopic (exact) mass is 440 g/mol. The molecule has 4 fully saturated rings. The highest BCUT2D eigenvalue weighted by Gasteiger charge is 2.58. The Balaban J connectivity index is 1.47. The normalized spacial score (nSPS) is 49.2. The van der Waals surface area contributed by atoms with Crippen molar-refractivity contribution in [1.82, 2.24) is 0 Å². The van der Waals surface area contributed by atoms with Gasteiger partial charge in [-0.3, -0.25) is 4.79 Å². The van der Waals surface area contributed by atoms with Crippen LogP contribution in [0.5, 0.6) is 0 Å². The van der Waals surface area contributed by atoms with Crippen LogP contribution in [-0.2, 0) is 9.53 Å². The van der Waals surface area contributed by atoms with Crippen LogP contribution < -0.4 is 0 Å². The van der Waals surface area contributed by atoms with Gasteiger partial charge in [0.1, 0.15) is 5.78 Å². The van der Waals surface area contributed by atoms with Crippen LogP contribution >= 0.6 is 15.9 Å². The predicted molar refractivity (Wildman–Crippen MR) is 111 cm³/mol. The zero-order valence-corrected chi connectivity index (χ0v) is 18.7. The molecule has 0 unspecified atom stereocenters. The van der Waals surface area contributed by atoms with E-state index in [4.69, 9.17) is 4.74 Å². The molecule has 4 aliphatic carbocycles. The van der Waals surface area contributed by atoms with Crippen molar-refractivity contribution in [3.63, 3.8) is 0 Å². The Bertz CT molecular complexity index is 566. The van der Waals surface area contributed by atoms with Gasteiger partial charge in [-0.15, -0.1) is 0 Å². The van der Waals surface area contributed by atoms with Crippen LogP contribution in [0.2, 0.25) is 0 Å². The Hall–Kier alpha value is 0.0700. The van der Waals surface area contributed by atoms with Gasteiger partial charge in [0.05, 0.1) is 17.5 Å². The smallest absolute Gasteiger partial charge is 0.147 e. The number of ether oxygens (including phenoxy) is 1. The molecule has 4 rings (SSSR count). The minimum atomic E-state index is -0.589. The van der Waals surface area contributed by atoms with E-state index in [1.165, 1.54) is 38.5 Å². The quantitative estimate of drug-likeness (QED) is 0.612. The van der Waals surface area contributed by atoms with Crippen molar-refractivity contribution in [1.29, 1.82) is 0 Å². The average molecular weight is 441 g/mol. The van der Waals surface area contributed by atoms with Gasteiger partial charge in [0.25, 0.3) is 0 Å². The lowest BCUT2D eigenvalue weighted by atomic mass is 9.49. The van der Waals surface area contributed by atoms with Crippen LogP contribution in [0.15, 0.2) is 0 Å². The SMILES string of the molecule is CCOC[C@@]1(O)CC[C@H]2[C@@H](CC[C@@H]3[C@@H]2CC[C@]2(C)[C@@H](C(=O)CBr)CC[C@@H]32)C1. The summed E-state index contributed by atoms with van der Waals surface area (Å²) in [5, 5.41) is 11.5. The molecule has 3 nitrogen and oxygen atoms in total. The van der Waals surface area contributed by atoms with Gasteiger partial charge in [0, 0.05) is 12.5 Å². The zero-order chi connectivity index (χ0) is 19.2. The predicted octanol–water partition coefficient (Wildman–Crippen LogP) is 4.99. The fourth-order valence-electron chi connectivity index (χ4n) is 8.01. The fraction of sp³-hybridized carbons (Fsp3) is 0.957. The molecule has 0 amide bonds. The molecule has 0 aromatic carbocycles. The zero-order valence-electron chi connectivity index (χ0n) is 17.1. The molecular formula is C23H37BrO3. The molecule has 8 atom stereocenters. The summed E-state index contributed by atoms with van der Waals surface area (Å²) in [6, 6.07) is 0. The number of rotatable bonds is 5. The Morgan fingerprint density at radius 3 is 2.59 bits per heavy atom. The number of carbonyl (C=O) groups excluding carboxylic acids is 1. The van der Waals surface area contributed by atoms with Crippen LogP contribution in [0.4, 0.5) is 0 Å². The number of fused-ring (bicyclic) bond motifs is 5. The van der Waals surface area contributed by atoms with E-state index in [2.05, 4.69) is 22.9 Å². The second kappa shape index (κ2) is 7.72. The van der Waals surface area contributed by atoms with E-state index in [0.717, 1.165) is 42.9 Å². The number of hydrogen-bond acceptors (Lipinski definition) is 3. The third-order valence-corrected chi connectivity index (χ3v) is 9.75. The van der Waals surface area contributed by atoms with Crippen molar-refractivity contribution in [2.75, 3.05) is 18.5 Å². The molecule has 154 valence electrons. The van der Waals surface area contributed by atoms with Gasteiger partial charge >= 0.3 is 0 Å². The van der Waals surface area contributed by atoms with E-state index in [9.17, 15) is 9.90 Å². The highest BCUT2D eigenvalue weighted by atomic mass is 79.9. The topological polar surface area (TPSA) is 46.5 Å². The van der Waals surface area contributed by atoms with Gasteiger partial charge in [0.15, 0.2) is 0 Å². The minimum Gasteiger partial charge on any atom is -0.387 e. The van der Waals surface area contributed by atoms with Crippen LogP contribution in [0.25, 0.3) is 0 Å². The summed E-state index contributed by atoms with van der Waals surface area (Å²) in [4.78, 5) is 12.5. The Morgan fingerprint density at radius 1 is 1.07 bits per heavy atom. The third kappa shape index (κ3) is 3.46. The fourth-order valence-corrected chi connectivity index (χ4v) is 8.40. The summed E-state index contributed by atoms with van der Waals surface area (Å²) in [6.07, 6.45) is 10.5. The molecule has 0 aliphatic heterocycles.